The van der Waals surface area contributed by atoms with Gasteiger partial charge in [0.1, 0.15) is 11.3 Å². The van der Waals surface area contributed by atoms with Gasteiger partial charge >= 0.3 is 0 Å². The van der Waals surface area contributed by atoms with E-state index in [0.717, 1.165) is 16.9 Å². The van der Waals surface area contributed by atoms with E-state index in [4.69, 9.17) is 0 Å². The van der Waals surface area contributed by atoms with Gasteiger partial charge in [0.05, 0.1) is 0 Å². The minimum absolute atomic E-state index is 0.356. The topological polar surface area (TPSA) is 46.7 Å². The predicted octanol–water partition coefficient (Wildman–Crippen LogP) is 3.71. The average Bonchev–Trinajstić information content (AvgIpc) is 2.79. The van der Waals surface area contributed by atoms with Crippen molar-refractivity contribution >= 4 is 11.5 Å². The SMILES string of the molecule is Cc1cccc2nc(-c3ccccc3)c(N=O)n12. The Morgan fingerprint density at radius 2 is 1.83 bits per heavy atom. The molecule has 0 radical (unpaired) electrons. The van der Waals surface area contributed by atoms with E-state index in [1.54, 1.807) is 4.40 Å². The number of aryl methyl sites for hydroxylation is 1. The Morgan fingerprint density at radius 1 is 1.06 bits per heavy atom. The third-order valence-electron chi connectivity index (χ3n) is 2.95. The second kappa shape index (κ2) is 4.07. The number of nitroso groups, excluding NO2 is 1. The van der Waals surface area contributed by atoms with Gasteiger partial charge in [-0.3, -0.25) is 4.40 Å². The molecule has 0 N–H and O–H groups in total. The van der Waals surface area contributed by atoms with Crippen molar-refractivity contribution in [1.82, 2.24) is 9.38 Å². The third kappa shape index (κ3) is 1.50. The van der Waals surface area contributed by atoms with Gasteiger partial charge < -0.3 is 0 Å². The van der Waals surface area contributed by atoms with Gasteiger partial charge in [-0.15, -0.1) is 4.91 Å². The maximum absolute atomic E-state index is 11.1. The van der Waals surface area contributed by atoms with Crippen molar-refractivity contribution in [1.29, 1.82) is 0 Å². The van der Waals surface area contributed by atoms with Crippen LogP contribution in [0.25, 0.3) is 16.9 Å². The molecule has 4 heteroatoms. The van der Waals surface area contributed by atoms with Gasteiger partial charge in [-0.1, -0.05) is 36.4 Å². The number of benzene rings is 1. The van der Waals surface area contributed by atoms with E-state index in [-0.39, 0.29) is 0 Å². The maximum Gasteiger partial charge on any atom is 0.209 e. The molecule has 18 heavy (non-hydrogen) atoms. The van der Waals surface area contributed by atoms with Gasteiger partial charge in [0.15, 0.2) is 0 Å². The Morgan fingerprint density at radius 3 is 2.56 bits per heavy atom. The average molecular weight is 237 g/mol. The molecule has 88 valence electrons. The molecule has 0 saturated heterocycles. The zero-order valence-electron chi connectivity index (χ0n) is 9.87. The highest BCUT2D eigenvalue weighted by Gasteiger charge is 2.15. The molecule has 2 aromatic heterocycles. The van der Waals surface area contributed by atoms with Crippen molar-refractivity contribution in [2.24, 2.45) is 5.18 Å². The van der Waals surface area contributed by atoms with Gasteiger partial charge in [-0.05, 0) is 24.2 Å². The molecule has 0 aliphatic carbocycles. The van der Waals surface area contributed by atoms with E-state index < -0.39 is 0 Å². The maximum atomic E-state index is 11.1. The Hall–Kier alpha value is -2.49. The van der Waals surface area contributed by atoms with Crippen LogP contribution in [0.3, 0.4) is 0 Å². The van der Waals surface area contributed by atoms with Gasteiger partial charge in [0.2, 0.25) is 5.82 Å². The smallest absolute Gasteiger partial charge is 0.209 e. The summed E-state index contributed by atoms with van der Waals surface area (Å²) in [7, 11) is 0. The first-order valence-electron chi connectivity index (χ1n) is 5.68. The van der Waals surface area contributed by atoms with Crippen molar-refractivity contribution in [2.75, 3.05) is 0 Å². The van der Waals surface area contributed by atoms with E-state index in [1.807, 2.05) is 55.5 Å². The molecule has 0 spiro atoms. The minimum Gasteiger partial charge on any atom is -0.278 e. The highest BCUT2D eigenvalue weighted by molar-refractivity contribution is 5.74. The van der Waals surface area contributed by atoms with Crippen molar-refractivity contribution < 1.29 is 0 Å². The molecule has 0 aliphatic rings. The summed E-state index contributed by atoms with van der Waals surface area (Å²) in [5.74, 6) is 0.356. The van der Waals surface area contributed by atoms with Crippen molar-refractivity contribution in [3.8, 4) is 11.3 Å². The van der Waals surface area contributed by atoms with Crippen molar-refractivity contribution in [3.63, 3.8) is 0 Å². The van der Waals surface area contributed by atoms with Crippen molar-refractivity contribution in [2.45, 2.75) is 6.92 Å². The lowest BCUT2D eigenvalue weighted by molar-refractivity contribution is 1.08. The summed E-state index contributed by atoms with van der Waals surface area (Å²) in [4.78, 5) is 15.6. The van der Waals surface area contributed by atoms with Crippen molar-refractivity contribution in [3.05, 3.63) is 59.1 Å². The lowest BCUT2D eigenvalue weighted by atomic mass is 10.1. The number of aromatic nitrogens is 2. The normalized spacial score (nSPS) is 10.7. The molecule has 0 saturated carbocycles. The summed E-state index contributed by atoms with van der Waals surface area (Å²) < 4.78 is 1.77. The van der Waals surface area contributed by atoms with Crippen LogP contribution in [0.15, 0.2) is 53.7 Å². The number of imidazole rings is 1. The van der Waals surface area contributed by atoms with Crippen LogP contribution >= 0.6 is 0 Å². The van der Waals surface area contributed by atoms with Crippen LogP contribution in [0, 0.1) is 11.8 Å². The fourth-order valence-electron chi connectivity index (χ4n) is 2.11. The van der Waals surface area contributed by atoms with E-state index in [2.05, 4.69) is 10.2 Å². The molecule has 0 atom stereocenters. The summed E-state index contributed by atoms with van der Waals surface area (Å²) in [6.07, 6.45) is 0. The predicted molar refractivity (Wildman–Crippen MR) is 70.8 cm³/mol. The van der Waals surface area contributed by atoms with E-state index >= 15 is 0 Å². The van der Waals surface area contributed by atoms with Gasteiger partial charge in [-0.25, -0.2) is 4.98 Å². The molecule has 0 amide bonds. The highest BCUT2D eigenvalue weighted by Crippen LogP contribution is 2.31. The molecule has 3 rings (SSSR count). The molecule has 2 heterocycles. The monoisotopic (exact) mass is 237 g/mol. The number of rotatable bonds is 2. The Labute approximate surface area is 104 Å². The standard InChI is InChI=1S/C14H11N3O/c1-10-6-5-9-12-15-13(14(16-18)17(10)12)11-7-3-2-4-8-11/h2-9H,1H3. The molecule has 0 bridgehead atoms. The third-order valence-corrected chi connectivity index (χ3v) is 2.95. The van der Waals surface area contributed by atoms with E-state index in [1.165, 1.54) is 0 Å². The summed E-state index contributed by atoms with van der Waals surface area (Å²) in [5, 5.41) is 3.15. The lowest BCUT2D eigenvalue weighted by Crippen LogP contribution is -1.88. The van der Waals surface area contributed by atoms with Crippen LogP contribution in [-0.4, -0.2) is 9.38 Å². The quantitative estimate of drug-likeness (QED) is 0.638. The van der Waals surface area contributed by atoms with Crippen LogP contribution in [0.1, 0.15) is 5.69 Å². The van der Waals surface area contributed by atoms with Crippen LogP contribution in [-0.2, 0) is 0 Å². The molecule has 4 nitrogen and oxygen atoms in total. The molecular weight excluding hydrogens is 226 g/mol. The molecule has 0 aliphatic heterocycles. The van der Waals surface area contributed by atoms with Gasteiger partial charge in [-0.2, -0.15) is 0 Å². The van der Waals surface area contributed by atoms with Crippen LogP contribution < -0.4 is 0 Å². The van der Waals surface area contributed by atoms with E-state index in [0.29, 0.717) is 11.5 Å². The zero-order chi connectivity index (χ0) is 12.5. The number of nitrogens with zero attached hydrogens (tertiary/aromatic N) is 3. The van der Waals surface area contributed by atoms with Crippen LogP contribution in [0.2, 0.25) is 0 Å². The van der Waals surface area contributed by atoms with Gasteiger partial charge in [0, 0.05) is 11.3 Å². The summed E-state index contributed by atoms with van der Waals surface area (Å²) >= 11 is 0. The minimum atomic E-state index is 0.356. The first-order valence-corrected chi connectivity index (χ1v) is 5.68. The zero-order valence-corrected chi connectivity index (χ0v) is 9.87. The fraction of sp³-hybridized carbons (Fsp3) is 0.0714. The molecule has 3 aromatic rings. The number of hydrogen-bond acceptors (Lipinski definition) is 3. The highest BCUT2D eigenvalue weighted by atomic mass is 16.3. The Kier molecular flexibility index (Phi) is 2.41. The summed E-state index contributed by atoms with van der Waals surface area (Å²) in [6, 6.07) is 15.3. The second-order valence-electron chi connectivity index (χ2n) is 4.10. The van der Waals surface area contributed by atoms with Crippen LogP contribution in [0.4, 0.5) is 5.82 Å². The van der Waals surface area contributed by atoms with E-state index in [9.17, 15) is 4.91 Å². The van der Waals surface area contributed by atoms with Gasteiger partial charge in [0.25, 0.3) is 0 Å². The Bertz CT molecular complexity index is 716. The number of hydrogen-bond donors (Lipinski definition) is 0. The number of pyridine rings is 1. The molecule has 0 unspecified atom stereocenters. The Balaban J connectivity index is 2.37. The molecule has 0 fully saturated rings. The first-order chi connectivity index (χ1) is 8.81. The lowest BCUT2D eigenvalue weighted by Gasteiger charge is -1.99. The largest absolute Gasteiger partial charge is 0.278 e. The summed E-state index contributed by atoms with van der Waals surface area (Å²) in [5.41, 5.74) is 3.20. The molecular formula is C14H11N3O. The van der Waals surface area contributed by atoms with Crippen LogP contribution in [0.5, 0.6) is 0 Å². The molecule has 1 aromatic carbocycles. The fourth-order valence-corrected chi connectivity index (χ4v) is 2.11. The second-order valence-corrected chi connectivity index (χ2v) is 4.10. The number of fused-ring (bicyclic) bond motifs is 1. The summed E-state index contributed by atoms with van der Waals surface area (Å²) in [6.45, 7) is 1.93. The first kappa shape index (κ1) is 10.7.